The lowest BCUT2D eigenvalue weighted by Gasteiger charge is -2.24. The van der Waals surface area contributed by atoms with Crippen LogP contribution in [0.2, 0.25) is 0 Å². The molecule has 3 rings (SSSR count). The third-order valence-corrected chi connectivity index (χ3v) is 3.58. The maximum Gasteiger partial charge on any atom is 0.0485 e. The SMILES string of the molecule is c1ccc(-c2ccc(NC3CCOCC3)cc2)cc1. The van der Waals surface area contributed by atoms with E-state index in [9.17, 15) is 0 Å². The summed E-state index contributed by atoms with van der Waals surface area (Å²) in [5.74, 6) is 0. The van der Waals surface area contributed by atoms with E-state index in [4.69, 9.17) is 4.74 Å². The number of rotatable bonds is 3. The fourth-order valence-corrected chi connectivity index (χ4v) is 2.47. The zero-order valence-corrected chi connectivity index (χ0v) is 11.0. The lowest BCUT2D eigenvalue weighted by atomic mass is 10.0. The average Bonchev–Trinajstić information content (AvgIpc) is 2.50. The molecule has 19 heavy (non-hydrogen) atoms. The van der Waals surface area contributed by atoms with Crippen molar-refractivity contribution in [1.82, 2.24) is 0 Å². The molecule has 0 amide bonds. The molecule has 0 unspecified atom stereocenters. The fourth-order valence-electron chi connectivity index (χ4n) is 2.47. The fraction of sp³-hybridized carbons (Fsp3) is 0.294. The molecule has 0 saturated carbocycles. The molecule has 98 valence electrons. The van der Waals surface area contributed by atoms with E-state index in [1.807, 2.05) is 6.07 Å². The van der Waals surface area contributed by atoms with Crippen molar-refractivity contribution in [3.63, 3.8) is 0 Å². The van der Waals surface area contributed by atoms with Crippen molar-refractivity contribution < 1.29 is 4.74 Å². The van der Waals surface area contributed by atoms with Crippen LogP contribution in [0.4, 0.5) is 5.69 Å². The first kappa shape index (κ1) is 12.2. The first-order chi connectivity index (χ1) is 9.42. The number of benzene rings is 2. The Balaban J connectivity index is 1.68. The highest BCUT2D eigenvalue weighted by Gasteiger charge is 2.12. The summed E-state index contributed by atoms with van der Waals surface area (Å²) in [5, 5.41) is 3.58. The van der Waals surface area contributed by atoms with Crippen LogP contribution in [-0.2, 0) is 4.74 Å². The minimum atomic E-state index is 0.552. The molecule has 2 aromatic rings. The molecule has 1 N–H and O–H groups in total. The summed E-state index contributed by atoms with van der Waals surface area (Å²) in [6, 6.07) is 19.7. The lowest BCUT2D eigenvalue weighted by molar-refractivity contribution is 0.0904. The molecule has 1 aliphatic heterocycles. The maximum absolute atomic E-state index is 5.37. The minimum Gasteiger partial charge on any atom is -0.382 e. The van der Waals surface area contributed by atoms with Gasteiger partial charge in [-0.2, -0.15) is 0 Å². The van der Waals surface area contributed by atoms with E-state index >= 15 is 0 Å². The summed E-state index contributed by atoms with van der Waals surface area (Å²) in [7, 11) is 0. The molecular formula is C17H19NO. The van der Waals surface area contributed by atoms with E-state index in [0.717, 1.165) is 26.1 Å². The molecule has 1 heterocycles. The van der Waals surface area contributed by atoms with E-state index in [-0.39, 0.29) is 0 Å². The molecule has 0 aromatic heterocycles. The number of ether oxygens (including phenoxy) is 1. The van der Waals surface area contributed by atoms with Gasteiger partial charge in [-0.25, -0.2) is 0 Å². The topological polar surface area (TPSA) is 21.3 Å². The van der Waals surface area contributed by atoms with Crippen molar-refractivity contribution in [2.75, 3.05) is 18.5 Å². The highest BCUT2D eigenvalue weighted by atomic mass is 16.5. The summed E-state index contributed by atoms with van der Waals surface area (Å²) in [4.78, 5) is 0. The molecule has 0 atom stereocenters. The van der Waals surface area contributed by atoms with Crippen LogP contribution in [0.25, 0.3) is 11.1 Å². The van der Waals surface area contributed by atoms with Gasteiger partial charge in [0.05, 0.1) is 0 Å². The van der Waals surface area contributed by atoms with Gasteiger partial charge in [-0.3, -0.25) is 0 Å². The van der Waals surface area contributed by atoms with E-state index in [1.54, 1.807) is 0 Å². The maximum atomic E-state index is 5.37. The zero-order valence-electron chi connectivity index (χ0n) is 11.0. The van der Waals surface area contributed by atoms with Crippen LogP contribution in [0.3, 0.4) is 0 Å². The van der Waals surface area contributed by atoms with Gasteiger partial charge in [-0.15, -0.1) is 0 Å². The van der Waals surface area contributed by atoms with Crippen molar-refractivity contribution in [3.8, 4) is 11.1 Å². The Labute approximate surface area is 114 Å². The quantitative estimate of drug-likeness (QED) is 0.894. The first-order valence-corrected chi connectivity index (χ1v) is 6.91. The Morgan fingerprint density at radius 1 is 0.789 bits per heavy atom. The zero-order chi connectivity index (χ0) is 12.9. The molecule has 2 aromatic carbocycles. The molecule has 1 aliphatic rings. The van der Waals surface area contributed by atoms with E-state index in [1.165, 1.54) is 16.8 Å². The van der Waals surface area contributed by atoms with Crippen LogP contribution in [-0.4, -0.2) is 19.3 Å². The average molecular weight is 253 g/mol. The Kier molecular flexibility index (Phi) is 3.80. The predicted molar refractivity (Wildman–Crippen MR) is 79.3 cm³/mol. The summed E-state index contributed by atoms with van der Waals surface area (Å²) in [5.41, 5.74) is 3.73. The molecule has 0 radical (unpaired) electrons. The second-order valence-electron chi connectivity index (χ2n) is 4.97. The Morgan fingerprint density at radius 3 is 2.11 bits per heavy atom. The lowest BCUT2D eigenvalue weighted by Crippen LogP contribution is -2.27. The molecule has 0 spiro atoms. The van der Waals surface area contributed by atoms with Crippen LogP contribution in [0.15, 0.2) is 54.6 Å². The monoisotopic (exact) mass is 253 g/mol. The number of nitrogens with one attached hydrogen (secondary N) is 1. The van der Waals surface area contributed by atoms with Crippen LogP contribution < -0.4 is 5.32 Å². The number of hydrogen-bond acceptors (Lipinski definition) is 2. The van der Waals surface area contributed by atoms with E-state index in [0.29, 0.717) is 6.04 Å². The van der Waals surface area contributed by atoms with Gasteiger partial charge in [0.15, 0.2) is 0 Å². The van der Waals surface area contributed by atoms with Crippen LogP contribution in [0, 0.1) is 0 Å². The predicted octanol–water partition coefficient (Wildman–Crippen LogP) is 3.94. The van der Waals surface area contributed by atoms with Gasteiger partial charge in [0.25, 0.3) is 0 Å². The number of anilines is 1. The molecule has 2 nitrogen and oxygen atoms in total. The van der Waals surface area contributed by atoms with Crippen LogP contribution in [0.5, 0.6) is 0 Å². The summed E-state index contributed by atoms with van der Waals surface area (Å²) in [6.07, 6.45) is 2.20. The molecule has 0 bridgehead atoms. The molecular weight excluding hydrogens is 234 g/mol. The number of hydrogen-bond donors (Lipinski definition) is 1. The molecule has 0 aliphatic carbocycles. The van der Waals surface area contributed by atoms with Gasteiger partial charge in [0, 0.05) is 24.9 Å². The summed E-state index contributed by atoms with van der Waals surface area (Å²) in [6.45, 7) is 1.75. The third kappa shape index (κ3) is 3.15. The van der Waals surface area contributed by atoms with Gasteiger partial charge in [0.1, 0.15) is 0 Å². The third-order valence-electron chi connectivity index (χ3n) is 3.58. The van der Waals surface area contributed by atoms with Crippen LogP contribution >= 0.6 is 0 Å². The molecule has 1 saturated heterocycles. The van der Waals surface area contributed by atoms with Gasteiger partial charge in [-0.1, -0.05) is 42.5 Å². The van der Waals surface area contributed by atoms with Crippen LogP contribution in [0.1, 0.15) is 12.8 Å². The van der Waals surface area contributed by atoms with Crippen molar-refractivity contribution in [1.29, 1.82) is 0 Å². The second-order valence-corrected chi connectivity index (χ2v) is 4.97. The van der Waals surface area contributed by atoms with Crippen molar-refractivity contribution in [2.24, 2.45) is 0 Å². The minimum absolute atomic E-state index is 0.552. The van der Waals surface area contributed by atoms with E-state index in [2.05, 4.69) is 53.8 Å². The highest BCUT2D eigenvalue weighted by Crippen LogP contribution is 2.22. The van der Waals surface area contributed by atoms with Gasteiger partial charge < -0.3 is 10.1 Å². The van der Waals surface area contributed by atoms with Gasteiger partial charge in [0.2, 0.25) is 0 Å². The van der Waals surface area contributed by atoms with Crippen molar-refractivity contribution >= 4 is 5.69 Å². The standard InChI is InChI=1S/C17H19NO/c1-2-4-14(5-3-1)15-6-8-16(9-7-15)18-17-10-12-19-13-11-17/h1-9,17-18H,10-13H2. The molecule has 2 heteroatoms. The smallest absolute Gasteiger partial charge is 0.0485 e. The largest absolute Gasteiger partial charge is 0.382 e. The Hall–Kier alpha value is -1.80. The summed E-state index contributed by atoms with van der Waals surface area (Å²) < 4.78 is 5.37. The van der Waals surface area contributed by atoms with Crippen molar-refractivity contribution in [2.45, 2.75) is 18.9 Å². The molecule has 1 fully saturated rings. The van der Waals surface area contributed by atoms with Crippen molar-refractivity contribution in [3.05, 3.63) is 54.6 Å². The van der Waals surface area contributed by atoms with Gasteiger partial charge >= 0.3 is 0 Å². The Bertz CT molecular complexity index is 501. The van der Waals surface area contributed by atoms with E-state index < -0.39 is 0 Å². The van der Waals surface area contributed by atoms with Gasteiger partial charge in [-0.05, 0) is 36.1 Å². The normalized spacial score (nSPS) is 16.2. The summed E-state index contributed by atoms with van der Waals surface area (Å²) >= 11 is 0. The first-order valence-electron chi connectivity index (χ1n) is 6.91. The highest BCUT2D eigenvalue weighted by molar-refractivity contribution is 5.65. The Morgan fingerprint density at radius 2 is 1.42 bits per heavy atom. The second kappa shape index (κ2) is 5.89.